The van der Waals surface area contributed by atoms with Crippen LogP contribution in [0.1, 0.15) is 46.5 Å². The molecule has 0 saturated carbocycles. The van der Waals surface area contributed by atoms with Crippen molar-refractivity contribution >= 4 is 0 Å². The Hall–Kier alpha value is -0.260. The van der Waals surface area contributed by atoms with Gasteiger partial charge in [-0.25, -0.2) is 0 Å². The van der Waals surface area contributed by atoms with Gasteiger partial charge in [-0.2, -0.15) is 0 Å². The number of hydrogen-bond acceptors (Lipinski definition) is 0. The van der Waals surface area contributed by atoms with Gasteiger partial charge in [-0.05, 0) is 44.4 Å². The lowest BCUT2D eigenvalue weighted by atomic mass is 9.85. The molecule has 1 unspecified atom stereocenters. The van der Waals surface area contributed by atoms with Crippen LogP contribution in [0.3, 0.4) is 0 Å². The summed E-state index contributed by atoms with van der Waals surface area (Å²) in [5, 5.41) is 0. The Kier molecular flexibility index (Phi) is 3.16. The van der Waals surface area contributed by atoms with Gasteiger partial charge in [-0.15, -0.1) is 0 Å². The van der Waals surface area contributed by atoms with E-state index in [0.29, 0.717) is 0 Å². The number of hydrogen-bond donors (Lipinski definition) is 0. The van der Waals surface area contributed by atoms with E-state index >= 15 is 0 Å². The summed E-state index contributed by atoms with van der Waals surface area (Å²) in [5.41, 5.74) is 1.59. The predicted molar refractivity (Wildman–Crippen MR) is 50.3 cm³/mol. The van der Waals surface area contributed by atoms with Gasteiger partial charge in [0.05, 0.1) is 0 Å². The lowest BCUT2D eigenvalue weighted by molar-refractivity contribution is 0.446. The van der Waals surface area contributed by atoms with Crippen molar-refractivity contribution in [3.63, 3.8) is 0 Å². The van der Waals surface area contributed by atoms with Crippen molar-refractivity contribution in [2.24, 2.45) is 5.92 Å². The maximum absolute atomic E-state index is 2.41. The zero-order valence-electron chi connectivity index (χ0n) is 7.98. The van der Waals surface area contributed by atoms with E-state index in [2.05, 4.69) is 26.8 Å². The van der Waals surface area contributed by atoms with Crippen LogP contribution in [0.2, 0.25) is 0 Å². The first-order chi connectivity index (χ1) is 5.18. The molecule has 11 heavy (non-hydrogen) atoms. The third-order valence-electron chi connectivity index (χ3n) is 2.44. The Morgan fingerprint density at radius 1 is 1.55 bits per heavy atom. The standard InChI is InChI=1S/C11H19/c1-9(2)8-11-6-4-10(3)5-7-11/h4,11H,5-8H2,1-3H3. The molecule has 0 aliphatic heterocycles. The van der Waals surface area contributed by atoms with Gasteiger partial charge in [-0.3, -0.25) is 0 Å². The van der Waals surface area contributed by atoms with E-state index in [1.165, 1.54) is 25.7 Å². The van der Waals surface area contributed by atoms with Gasteiger partial charge >= 0.3 is 0 Å². The van der Waals surface area contributed by atoms with Crippen molar-refractivity contribution in [1.82, 2.24) is 0 Å². The summed E-state index contributed by atoms with van der Waals surface area (Å²) < 4.78 is 0. The molecule has 0 bridgehead atoms. The van der Waals surface area contributed by atoms with Gasteiger partial charge in [0.2, 0.25) is 0 Å². The number of rotatable bonds is 2. The quantitative estimate of drug-likeness (QED) is 0.527. The molecule has 0 nitrogen and oxygen atoms in total. The van der Waals surface area contributed by atoms with Crippen LogP contribution in [-0.2, 0) is 0 Å². The second kappa shape index (κ2) is 3.94. The lowest BCUT2D eigenvalue weighted by Crippen LogP contribution is -2.06. The third kappa shape index (κ3) is 3.09. The summed E-state index contributed by atoms with van der Waals surface area (Å²) in [6.45, 7) is 6.73. The highest BCUT2D eigenvalue weighted by molar-refractivity contribution is 5.03. The Balaban J connectivity index is 2.29. The van der Waals surface area contributed by atoms with Gasteiger partial charge in [0.1, 0.15) is 0 Å². The first kappa shape index (κ1) is 8.83. The average Bonchev–Trinajstić information content (AvgIpc) is 1.93. The molecule has 1 radical (unpaired) electrons. The number of allylic oxidation sites excluding steroid dienone is 2. The molecular weight excluding hydrogens is 132 g/mol. The van der Waals surface area contributed by atoms with Crippen molar-refractivity contribution in [1.29, 1.82) is 0 Å². The maximum atomic E-state index is 2.41. The summed E-state index contributed by atoms with van der Waals surface area (Å²) in [5.74, 6) is 2.53. The summed E-state index contributed by atoms with van der Waals surface area (Å²) in [6, 6.07) is 0. The SMILES string of the molecule is C[C](C)CC1CC=C(C)CC1. The molecule has 1 atom stereocenters. The van der Waals surface area contributed by atoms with Crippen molar-refractivity contribution < 1.29 is 0 Å². The van der Waals surface area contributed by atoms with E-state index < -0.39 is 0 Å². The van der Waals surface area contributed by atoms with Gasteiger partial charge in [-0.1, -0.05) is 25.5 Å². The molecule has 63 valence electrons. The van der Waals surface area contributed by atoms with E-state index in [1.807, 2.05) is 0 Å². The highest BCUT2D eigenvalue weighted by Gasteiger charge is 2.13. The van der Waals surface area contributed by atoms with E-state index in [4.69, 9.17) is 0 Å². The Labute approximate surface area is 70.7 Å². The van der Waals surface area contributed by atoms with E-state index in [0.717, 1.165) is 5.92 Å². The molecule has 0 fully saturated rings. The molecule has 0 heteroatoms. The fraction of sp³-hybridized carbons (Fsp3) is 0.727. The molecule has 0 spiro atoms. The minimum atomic E-state index is 0.948. The first-order valence-electron chi connectivity index (χ1n) is 4.63. The largest absolute Gasteiger partial charge is 0.0853 e. The molecule has 1 aliphatic rings. The zero-order valence-corrected chi connectivity index (χ0v) is 7.98. The second-order valence-corrected chi connectivity index (χ2v) is 4.10. The van der Waals surface area contributed by atoms with Crippen molar-refractivity contribution in [2.75, 3.05) is 0 Å². The Bertz CT molecular complexity index is 142. The molecule has 1 rings (SSSR count). The normalized spacial score (nSPS) is 25.5. The lowest BCUT2D eigenvalue weighted by Gasteiger charge is -2.21. The van der Waals surface area contributed by atoms with Gasteiger partial charge in [0, 0.05) is 0 Å². The average molecular weight is 151 g/mol. The van der Waals surface area contributed by atoms with Crippen LogP contribution in [0.15, 0.2) is 11.6 Å². The maximum Gasteiger partial charge on any atom is -0.0300 e. The van der Waals surface area contributed by atoms with E-state index in [9.17, 15) is 0 Å². The van der Waals surface area contributed by atoms with Crippen LogP contribution in [0.25, 0.3) is 0 Å². The van der Waals surface area contributed by atoms with Gasteiger partial charge in [0.25, 0.3) is 0 Å². The fourth-order valence-corrected chi connectivity index (χ4v) is 1.78. The van der Waals surface area contributed by atoms with E-state index in [-0.39, 0.29) is 0 Å². The molecular formula is C11H19. The minimum Gasteiger partial charge on any atom is -0.0853 e. The topological polar surface area (TPSA) is 0 Å². The van der Waals surface area contributed by atoms with E-state index in [1.54, 1.807) is 11.5 Å². The second-order valence-electron chi connectivity index (χ2n) is 4.10. The Morgan fingerprint density at radius 3 is 2.73 bits per heavy atom. The van der Waals surface area contributed by atoms with Crippen LogP contribution < -0.4 is 0 Å². The van der Waals surface area contributed by atoms with Gasteiger partial charge < -0.3 is 0 Å². The molecule has 0 N–H and O–H groups in total. The highest BCUT2D eigenvalue weighted by Crippen LogP contribution is 2.28. The van der Waals surface area contributed by atoms with Crippen molar-refractivity contribution in [3.8, 4) is 0 Å². The van der Waals surface area contributed by atoms with Crippen LogP contribution in [0.5, 0.6) is 0 Å². The summed E-state index contributed by atoms with van der Waals surface area (Å²) in [7, 11) is 0. The van der Waals surface area contributed by atoms with Crippen LogP contribution in [0.4, 0.5) is 0 Å². The molecule has 0 aromatic carbocycles. The zero-order chi connectivity index (χ0) is 8.27. The molecule has 0 saturated heterocycles. The van der Waals surface area contributed by atoms with Gasteiger partial charge in [0.15, 0.2) is 0 Å². The molecule has 0 amide bonds. The van der Waals surface area contributed by atoms with Crippen LogP contribution >= 0.6 is 0 Å². The predicted octanol–water partition coefficient (Wildman–Crippen LogP) is 3.74. The fourth-order valence-electron chi connectivity index (χ4n) is 1.78. The summed E-state index contributed by atoms with van der Waals surface area (Å²) in [6.07, 6.45) is 7.81. The van der Waals surface area contributed by atoms with Crippen molar-refractivity contribution in [3.05, 3.63) is 17.6 Å². The molecule has 0 heterocycles. The molecule has 0 aromatic rings. The summed E-state index contributed by atoms with van der Waals surface area (Å²) >= 11 is 0. The molecule has 0 aromatic heterocycles. The van der Waals surface area contributed by atoms with Crippen molar-refractivity contribution in [2.45, 2.75) is 46.5 Å². The van der Waals surface area contributed by atoms with Crippen LogP contribution in [-0.4, -0.2) is 0 Å². The summed E-state index contributed by atoms with van der Waals surface area (Å²) in [4.78, 5) is 0. The van der Waals surface area contributed by atoms with Crippen LogP contribution in [0, 0.1) is 11.8 Å². The third-order valence-corrected chi connectivity index (χ3v) is 2.44. The highest BCUT2D eigenvalue weighted by atomic mass is 14.2. The molecule has 1 aliphatic carbocycles. The minimum absolute atomic E-state index is 0.948. The Morgan fingerprint density at radius 2 is 2.27 bits per heavy atom. The monoisotopic (exact) mass is 151 g/mol. The smallest absolute Gasteiger partial charge is 0.0300 e. The first-order valence-corrected chi connectivity index (χ1v) is 4.63.